The Bertz CT molecular complexity index is 473. The number of ether oxygens (including phenoxy) is 1. The van der Waals surface area contributed by atoms with Gasteiger partial charge in [0.25, 0.3) is 0 Å². The lowest BCUT2D eigenvalue weighted by Gasteiger charge is -2.10. The van der Waals surface area contributed by atoms with Crippen molar-refractivity contribution in [1.82, 2.24) is 4.98 Å². The van der Waals surface area contributed by atoms with Gasteiger partial charge in [-0.3, -0.25) is 4.79 Å². The third kappa shape index (κ3) is 2.89. The van der Waals surface area contributed by atoms with Crippen LogP contribution in [0, 0.1) is 17.0 Å². The van der Waals surface area contributed by atoms with Gasteiger partial charge in [0.1, 0.15) is 0 Å². The van der Waals surface area contributed by atoms with Crippen LogP contribution in [0.15, 0.2) is 6.20 Å². The molecule has 1 aromatic heterocycles. The molecule has 0 aliphatic heterocycles. The molecule has 0 saturated carbocycles. The van der Waals surface area contributed by atoms with Crippen molar-refractivity contribution in [3.8, 4) is 5.75 Å². The number of halogens is 3. The van der Waals surface area contributed by atoms with Crippen LogP contribution in [0.3, 0.4) is 0 Å². The van der Waals surface area contributed by atoms with Gasteiger partial charge in [-0.05, 0) is 16.8 Å². The maximum Gasteiger partial charge on any atom is 0.573 e. The average Bonchev–Trinajstić information content (AvgIpc) is 2.15. The SMILES string of the molecule is Cc1c([N+](=O)[O-])ncc(OC(F)(F)F)c1C=O. The number of aromatic nitrogens is 1. The van der Waals surface area contributed by atoms with E-state index < -0.39 is 28.4 Å². The third-order valence-electron chi connectivity index (χ3n) is 1.83. The molecular formula is C8H5F3N2O4. The lowest BCUT2D eigenvalue weighted by atomic mass is 10.1. The van der Waals surface area contributed by atoms with E-state index in [0.717, 1.165) is 6.92 Å². The zero-order valence-corrected chi connectivity index (χ0v) is 8.32. The Morgan fingerprint density at radius 3 is 2.53 bits per heavy atom. The summed E-state index contributed by atoms with van der Waals surface area (Å²) in [5.74, 6) is -1.56. The van der Waals surface area contributed by atoms with Crippen molar-refractivity contribution in [2.24, 2.45) is 0 Å². The third-order valence-corrected chi connectivity index (χ3v) is 1.83. The number of hydrogen-bond acceptors (Lipinski definition) is 5. The van der Waals surface area contributed by atoms with Crippen molar-refractivity contribution < 1.29 is 27.6 Å². The number of nitrogens with zero attached hydrogens (tertiary/aromatic N) is 2. The number of carbonyl (C=O) groups is 1. The van der Waals surface area contributed by atoms with Gasteiger partial charge in [0.2, 0.25) is 0 Å². The second-order valence-corrected chi connectivity index (χ2v) is 2.91. The van der Waals surface area contributed by atoms with Crippen molar-refractivity contribution in [2.45, 2.75) is 13.3 Å². The Kier molecular flexibility index (Phi) is 3.30. The molecule has 0 N–H and O–H groups in total. The van der Waals surface area contributed by atoms with Crippen LogP contribution in [0.1, 0.15) is 15.9 Å². The predicted molar refractivity (Wildman–Crippen MR) is 47.7 cm³/mol. The number of nitro groups is 1. The first-order chi connectivity index (χ1) is 7.76. The molecule has 0 aromatic carbocycles. The molecule has 0 aliphatic rings. The summed E-state index contributed by atoms with van der Waals surface area (Å²) in [5.41, 5.74) is -0.837. The largest absolute Gasteiger partial charge is 0.573 e. The summed E-state index contributed by atoms with van der Waals surface area (Å²) in [4.78, 5) is 23.3. The summed E-state index contributed by atoms with van der Waals surface area (Å²) in [7, 11) is 0. The Balaban J connectivity index is 3.31. The average molecular weight is 250 g/mol. The van der Waals surface area contributed by atoms with E-state index in [0.29, 0.717) is 6.20 Å². The van der Waals surface area contributed by atoms with Crippen LogP contribution in [0.5, 0.6) is 5.75 Å². The maximum absolute atomic E-state index is 11.9. The van der Waals surface area contributed by atoms with Gasteiger partial charge < -0.3 is 14.9 Å². The molecule has 9 heteroatoms. The molecule has 0 saturated heterocycles. The summed E-state index contributed by atoms with van der Waals surface area (Å²) >= 11 is 0. The van der Waals surface area contributed by atoms with Crippen molar-refractivity contribution >= 4 is 12.1 Å². The lowest BCUT2D eigenvalue weighted by Crippen LogP contribution is -2.19. The second kappa shape index (κ2) is 4.36. The van der Waals surface area contributed by atoms with Crippen LogP contribution in [-0.4, -0.2) is 22.6 Å². The first kappa shape index (κ1) is 12.9. The van der Waals surface area contributed by atoms with Crippen LogP contribution in [-0.2, 0) is 0 Å². The molecule has 0 aliphatic carbocycles. The topological polar surface area (TPSA) is 82.3 Å². The van der Waals surface area contributed by atoms with Crippen LogP contribution in [0.4, 0.5) is 19.0 Å². The molecule has 0 fully saturated rings. The normalized spacial score (nSPS) is 11.1. The molecule has 0 atom stereocenters. The minimum atomic E-state index is -5.00. The van der Waals surface area contributed by atoms with E-state index in [-0.39, 0.29) is 11.8 Å². The monoisotopic (exact) mass is 250 g/mol. The highest BCUT2D eigenvalue weighted by molar-refractivity contribution is 5.82. The summed E-state index contributed by atoms with van der Waals surface area (Å²) < 4.78 is 39.4. The predicted octanol–water partition coefficient (Wildman–Crippen LogP) is 2.01. The summed E-state index contributed by atoms with van der Waals surface area (Å²) in [6.07, 6.45) is -4.46. The van der Waals surface area contributed by atoms with Gasteiger partial charge in [-0.1, -0.05) is 0 Å². The molecule has 1 rings (SSSR count). The number of rotatable bonds is 3. The molecule has 0 spiro atoms. The molecule has 0 amide bonds. The fourth-order valence-corrected chi connectivity index (χ4v) is 1.13. The van der Waals surface area contributed by atoms with E-state index in [1.807, 2.05) is 0 Å². The minimum Gasteiger partial charge on any atom is -0.401 e. The molecule has 1 aromatic rings. The van der Waals surface area contributed by atoms with E-state index in [9.17, 15) is 28.1 Å². The van der Waals surface area contributed by atoms with E-state index in [2.05, 4.69) is 9.72 Å². The molecule has 6 nitrogen and oxygen atoms in total. The fraction of sp³-hybridized carbons (Fsp3) is 0.250. The first-order valence-electron chi connectivity index (χ1n) is 4.11. The molecule has 0 bridgehead atoms. The highest BCUT2D eigenvalue weighted by atomic mass is 19.4. The van der Waals surface area contributed by atoms with Crippen LogP contribution in [0.25, 0.3) is 0 Å². The van der Waals surface area contributed by atoms with Gasteiger partial charge in [-0.2, -0.15) is 0 Å². The maximum atomic E-state index is 11.9. The van der Waals surface area contributed by atoms with Crippen molar-refractivity contribution in [1.29, 1.82) is 0 Å². The molecule has 0 radical (unpaired) electrons. The lowest BCUT2D eigenvalue weighted by molar-refractivity contribution is -0.390. The number of pyridine rings is 1. The molecule has 17 heavy (non-hydrogen) atoms. The highest BCUT2D eigenvalue weighted by Crippen LogP contribution is 2.29. The standard InChI is InChI=1S/C8H5F3N2O4/c1-4-5(3-14)6(17-8(9,10)11)2-12-7(4)13(15)16/h2-3H,1H3. The number of carbonyl (C=O) groups excluding carboxylic acids is 1. The molecule has 92 valence electrons. The van der Waals surface area contributed by atoms with Crippen molar-refractivity contribution in [3.63, 3.8) is 0 Å². The zero-order chi connectivity index (χ0) is 13.2. The first-order valence-corrected chi connectivity index (χ1v) is 4.11. The summed E-state index contributed by atoms with van der Waals surface area (Å²) in [5, 5.41) is 10.5. The summed E-state index contributed by atoms with van der Waals surface area (Å²) in [6.45, 7) is 1.11. The minimum absolute atomic E-state index is 0.0467. The molecule has 1 heterocycles. The Labute approximate surface area is 92.2 Å². The van der Waals surface area contributed by atoms with E-state index >= 15 is 0 Å². The van der Waals surface area contributed by atoms with E-state index in [4.69, 9.17) is 0 Å². The number of hydrogen-bond donors (Lipinski definition) is 0. The van der Waals surface area contributed by atoms with Crippen molar-refractivity contribution in [2.75, 3.05) is 0 Å². The Hall–Kier alpha value is -2.19. The van der Waals surface area contributed by atoms with Crippen LogP contribution in [0.2, 0.25) is 0 Å². The van der Waals surface area contributed by atoms with E-state index in [1.54, 1.807) is 0 Å². The van der Waals surface area contributed by atoms with E-state index in [1.165, 1.54) is 0 Å². The van der Waals surface area contributed by atoms with Gasteiger partial charge in [-0.25, -0.2) is 0 Å². The van der Waals surface area contributed by atoms with Gasteiger partial charge in [-0.15, -0.1) is 13.2 Å². The van der Waals surface area contributed by atoms with Crippen LogP contribution < -0.4 is 4.74 Å². The zero-order valence-electron chi connectivity index (χ0n) is 8.32. The summed E-state index contributed by atoms with van der Waals surface area (Å²) in [6, 6.07) is 0. The van der Waals surface area contributed by atoms with Crippen LogP contribution >= 0.6 is 0 Å². The molecular weight excluding hydrogens is 245 g/mol. The fourth-order valence-electron chi connectivity index (χ4n) is 1.13. The molecule has 0 unspecified atom stereocenters. The Morgan fingerprint density at radius 2 is 2.12 bits per heavy atom. The van der Waals surface area contributed by atoms with Gasteiger partial charge in [0, 0.05) is 0 Å². The smallest absolute Gasteiger partial charge is 0.401 e. The Morgan fingerprint density at radius 1 is 1.53 bits per heavy atom. The quantitative estimate of drug-likeness (QED) is 0.465. The van der Waals surface area contributed by atoms with Gasteiger partial charge in [0.15, 0.2) is 18.2 Å². The van der Waals surface area contributed by atoms with Crippen molar-refractivity contribution in [3.05, 3.63) is 27.4 Å². The number of alkyl halides is 3. The number of aldehydes is 1. The second-order valence-electron chi connectivity index (χ2n) is 2.91. The van der Waals surface area contributed by atoms with Gasteiger partial charge in [0.05, 0.1) is 11.1 Å². The highest BCUT2D eigenvalue weighted by Gasteiger charge is 2.34. The van der Waals surface area contributed by atoms with Gasteiger partial charge >= 0.3 is 12.2 Å².